The lowest BCUT2D eigenvalue weighted by Crippen LogP contribution is -2.54. The standard InChI is InChI=1S/C21H31N3O3/c1-17(20(27)22-18-6-3-2-4-7-18)23-13-10-21(11-14-23)9-8-19(26)24(16-21)12-5-15-25/h2-4,6-7,17,25H,5,8-16H2,1H3,(H,22,27)/t17-/m0/s1. The first-order valence-electron chi connectivity index (χ1n) is 10.0. The normalized spacial score (nSPS) is 21.3. The van der Waals surface area contributed by atoms with Crippen LogP contribution < -0.4 is 5.32 Å². The molecule has 2 saturated heterocycles. The average Bonchev–Trinajstić information content (AvgIpc) is 2.70. The second kappa shape index (κ2) is 8.85. The maximum atomic E-state index is 12.6. The van der Waals surface area contributed by atoms with Gasteiger partial charge in [0.15, 0.2) is 0 Å². The van der Waals surface area contributed by atoms with Gasteiger partial charge in [-0.25, -0.2) is 0 Å². The number of aliphatic hydroxyl groups is 1. The predicted octanol–water partition coefficient (Wildman–Crippen LogP) is 2.10. The number of anilines is 1. The van der Waals surface area contributed by atoms with Crippen molar-refractivity contribution < 1.29 is 14.7 Å². The molecule has 1 aromatic carbocycles. The predicted molar refractivity (Wildman–Crippen MR) is 105 cm³/mol. The number of rotatable bonds is 6. The summed E-state index contributed by atoms with van der Waals surface area (Å²) in [6, 6.07) is 9.39. The number of aliphatic hydroxyl groups excluding tert-OH is 1. The van der Waals surface area contributed by atoms with Gasteiger partial charge in [0.05, 0.1) is 6.04 Å². The molecular weight excluding hydrogens is 342 g/mol. The lowest BCUT2D eigenvalue weighted by atomic mass is 9.72. The van der Waals surface area contributed by atoms with Crippen LogP contribution in [0.1, 0.15) is 39.0 Å². The van der Waals surface area contributed by atoms with E-state index in [0.29, 0.717) is 19.4 Å². The molecule has 0 unspecified atom stereocenters. The number of hydrogen-bond donors (Lipinski definition) is 2. The van der Waals surface area contributed by atoms with Crippen molar-refractivity contribution in [3.05, 3.63) is 30.3 Å². The molecule has 148 valence electrons. The Morgan fingerprint density at radius 2 is 1.93 bits per heavy atom. The van der Waals surface area contributed by atoms with Crippen molar-refractivity contribution in [1.82, 2.24) is 9.80 Å². The summed E-state index contributed by atoms with van der Waals surface area (Å²) in [7, 11) is 0. The quantitative estimate of drug-likeness (QED) is 0.801. The summed E-state index contributed by atoms with van der Waals surface area (Å²) >= 11 is 0. The lowest BCUT2D eigenvalue weighted by Gasteiger charge is -2.48. The number of piperidine rings is 2. The number of amides is 2. The van der Waals surface area contributed by atoms with Gasteiger partial charge in [0.1, 0.15) is 0 Å². The van der Waals surface area contributed by atoms with Gasteiger partial charge in [0, 0.05) is 31.8 Å². The van der Waals surface area contributed by atoms with E-state index < -0.39 is 0 Å². The monoisotopic (exact) mass is 373 g/mol. The number of benzene rings is 1. The number of likely N-dealkylation sites (tertiary alicyclic amines) is 2. The van der Waals surface area contributed by atoms with E-state index in [0.717, 1.165) is 44.6 Å². The number of nitrogens with one attached hydrogen (secondary N) is 1. The molecule has 2 N–H and O–H groups in total. The zero-order chi connectivity index (χ0) is 19.3. The van der Waals surface area contributed by atoms with Crippen LogP contribution in [-0.4, -0.2) is 65.5 Å². The molecule has 2 amide bonds. The highest BCUT2D eigenvalue weighted by molar-refractivity contribution is 5.94. The zero-order valence-corrected chi connectivity index (χ0v) is 16.2. The SMILES string of the molecule is C[C@@H](C(=O)Nc1ccccc1)N1CCC2(CCC(=O)N(CCCO)C2)CC1. The van der Waals surface area contributed by atoms with Gasteiger partial charge in [-0.3, -0.25) is 14.5 Å². The Hall–Kier alpha value is -1.92. The smallest absolute Gasteiger partial charge is 0.241 e. The van der Waals surface area contributed by atoms with E-state index >= 15 is 0 Å². The van der Waals surface area contributed by atoms with Gasteiger partial charge < -0.3 is 15.3 Å². The van der Waals surface area contributed by atoms with E-state index in [9.17, 15) is 9.59 Å². The Morgan fingerprint density at radius 3 is 2.59 bits per heavy atom. The minimum atomic E-state index is -0.168. The molecule has 0 aliphatic carbocycles. The molecule has 1 atom stereocenters. The topological polar surface area (TPSA) is 72.9 Å². The molecule has 2 aliphatic heterocycles. The minimum Gasteiger partial charge on any atom is -0.396 e. The van der Waals surface area contributed by atoms with Crippen LogP contribution in [0.5, 0.6) is 0 Å². The molecule has 0 aromatic heterocycles. The second-order valence-corrected chi connectivity index (χ2v) is 7.96. The first kappa shape index (κ1) is 19.8. The van der Waals surface area contributed by atoms with Crippen LogP contribution in [0.3, 0.4) is 0 Å². The maximum Gasteiger partial charge on any atom is 0.241 e. The van der Waals surface area contributed by atoms with Crippen LogP contribution in [0.25, 0.3) is 0 Å². The highest BCUT2D eigenvalue weighted by Gasteiger charge is 2.41. The van der Waals surface area contributed by atoms with E-state index in [1.54, 1.807) is 0 Å². The Balaban J connectivity index is 1.53. The fourth-order valence-corrected chi connectivity index (χ4v) is 4.30. The summed E-state index contributed by atoms with van der Waals surface area (Å²) in [5.41, 5.74) is 1.00. The van der Waals surface area contributed by atoms with E-state index in [1.807, 2.05) is 42.2 Å². The molecule has 6 nitrogen and oxygen atoms in total. The molecule has 0 saturated carbocycles. The third-order valence-electron chi connectivity index (χ3n) is 6.16. The summed E-state index contributed by atoms with van der Waals surface area (Å²) in [4.78, 5) is 28.9. The molecule has 6 heteroatoms. The van der Waals surface area contributed by atoms with Gasteiger partial charge in [-0.2, -0.15) is 0 Å². The van der Waals surface area contributed by atoms with Crippen LogP contribution in [0.4, 0.5) is 5.69 Å². The lowest BCUT2D eigenvalue weighted by molar-refractivity contribution is -0.139. The van der Waals surface area contributed by atoms with Crippen molar-refractivity contribution in [2.75, 3.05) is 38.1 Å². The van der Waals surface area contributed by atoms with Gasteiger partial charge >= 0.3 is 0 Å². The Labute approximate surface area is 161 Å². The maximum absolute atomic E-state index is 12.6. The molecule has 2 heterocycles. The summed E-state index contributed by atoms with van der Waals surface area (Å²) in [5, 5.41) is 12.0. The molecule has 27 heavy (non-hydrogen) atoms. The first-order valence-corrected chi connectivity index (χ1v) is 10.0. The number of carbonyl (C=O) groups excluding carboxylic acids is 2. The van der Waals surface area contributed by atoms with Crippen molar-refractivity contribution in [1.29, 1.82) is 0 Å². The van der Waals surface area contributed by atoms with E-state index in [1.165, 1.54) is 0 Å². The first-order chi connectivity index (χ1) is 13.0. The summed E-state index contributed by atoms with van der Waals surface area (Å²) in [6.07, 6.45) is 4.22. The van der Waals surface area contributed by atoms with E-state index in [2.05, 4.69) is 10.2 Å². The van der Waals surface area contributed by atoms with E-state index in [-0.39, 0.29) is 29.9 Å². The fraction of sp³-hybridized carbons (Fsp3) is 0.619. The van der Waals surface area contributed by atoms with E-state index in [4.69, 9.17) is 5.11 Å². The minimum absolute atomic E-state index is 0.0283. The van der Waals surface area contributed by atoms with Crippen molar-refractivity contribution in [2.45, 2.75) is 45.1 Å². The summed E-state index contributed by atoms with van der Waals surface area (Å²) in [5.74, 6) is 0.243. The van der Waals surface area contributed by atoms with Crippen molar-refractivity contribution in [3.8, 4) is 0 Å². The van der Waals surface area contributed by atoms with Gasteiger partial charge in [0.2, 0.25) is 11.8 Å². The van der Waals surface area contributed by atoms with Gasteiger partial charge in [-0.05, 0) is 63.2 Å². The van der Waals surface area contributed by atoms with Gasteiger partial charge in [-0.1, -0.05) is 18.2 Å². The largest absolute Gasteiger partial charge is 0.396 e. The van der Waals surface area contributed by atoms with Crippen LogP contribution in [-0.2, 0) is 9.59 Å². The van der Waals surface area contributed by atoms with Gasteiger partial charge in [-0.15, -0.1) is 0 Å². The molecule has 1 spiro atoms. The fourth-order valence-electron chi connectivity index (χ4n) is 4.30. The number of nitrogens with zero attached hydrogens (tertiary/aromatic N) is 2. The number of hydrogen-bond acceptors (Lipinski definition) is 4. The van der Waals surface area contributed by atoms with Crippen LogP contribution in [0, 0.1) is 5.41 Å². The molecule has 3 rings (SSSR count). The van der Waals surface area contributed by atoms with Crippen LogP contribution in [0.2, 0.25) is 0 Å². The molecule has 2 fully saturated rings. The van der Waals surface area contributed by atoms with Crippen LogP contribution in [0.15, 0.2) is 30.3 Å². The molecule has 1 aromatic rings. The molecular formula is C21H31N3O3. The second-order valence-electron chi connectivity index (χ2n) is 7.96. The molecule has 2 aliphatic rings. The molecule has 0 bridgehead atoms. The number of para-hydroxylation sites is 1. The third kappa shape index (κ3) is 4.87. The molecule has 0 radical (unpaired) electrons. The number of carbonyl (C=O) groups is 2. The summed E-state index contributed by atoms with van der Waals surface area (Å²) in [6.45, 7) is 5.30. The average molecular weight is 373 g/mol. The van der Waals surface area contributed by atoms with Gasteiger partial charge in [0.25, 0.3) is 0 Å². The third-order valence-corrected chi connectivity index (χ3v) is 6.16. The zero-order valence-electron chi connectivity index (χ0n) is 16.2. The highest BCUT2D eigenvalue weighted by atomic mass is 16.3. The summed E-state index contributed by atoms with van der Waals surface area (Å²) < 4.78 is 0. The van der Waals surface area contributed by atoms with Crippen molar-refractivity contribution >= 4 is 17.5 Å². The highest BCUT2D eigenvalue weighted by Crippen LogP contribution is 2.40. The Bertz CT molecular complexity index is 641. The Kier molecular flexibility index (Phi) is 6.50. The Morgan fingerprint density at radius 1 is 1.22 bits per heavy atom. The van der Waals surface area contributed by atoms with Crippen molar-refractivity contribution in [2.24, 2.45) is 5.41 Å². The van der Waals surface area contributed by atoms with Crippen LogP contribution >= 0.6 is 0 Å². The van der Waals surface area contributed by atoms with Crippen molar-refractivity contribution in [3.63, 3.8) is 0 Å².